The van der Waals surface area contributed by atoms with Gasteiger partial charge in [-0.1, -0.05) is 36.4 Å². The van der Waals surface area contributed by atoms with Crippen LogP contribution in [0.15, 0.2) is 66.7 Å². The molecule has 0 atom stereocenters. The van der Waals surface area contributed by atoms with E-state index >= 15 is 0 Å². The predicted molar refractivity (Wildman–Crippen MR) is 138 cm³/mol. The molecule has 0 fully saturated rings. The van der Waals surface area contributed by atoms with Gasteiger partial charge in [0.1, 0.15) is 17.9 Å². The molecule has 0 N–H and O–H groups in total. The summed E-state index contributed by atoms with van der Waals surface area (Å²) in [6.07, 6.45) is 0. The zero-order valence-electron chi connectivity index (χ0n) is 21.4. The van der Waals surface area contributed by atoms with Gasteiger partial charge in [0.2, 0.25) is 0 Å². The van der Waals surface area contributed by atoms with E-state index in [-0.39, 0.29) is 17.0 Å². The van der Waals surface area contributed by atoms with Crippen molar-refractivity contribution in [1.82, 2.24) is 9.78 Å². The van der Waals surface area contributed by atoms with E-state index in [0.717, 1.165) is 5.56 Å². The Bertz CT molecular complexity index is 1440. The molecule has 190 valence electrons. The lowest BCUT2D eigenvalue weighted by atomic mass is 10.0. The number of aryl methyl sites for hydroxylation is 1. The second-order valence-corrected chi connectivity index (χ2v) is 8.32. The van der Waals surface area contributed by atoms with E-state index < -0.39 is 11.9 Å². The summed E-state index contributed by atoms with van der Waals surface area (Å²) in [5, 5.41) is 4.63. The van der Waals surface area contributed by atoms with Crippen LogP contribution >= 0.6 is 0 Å². The summed E-state index contributed by atoms with van der Waals surface area (Å²) in [6.45, 7) is 4.49. The van der Waals surface area contributed by atoms with Crippen LogP contribution in [0.2, 0.25) is 0 Å². The zero-order chi connectivity index (χ0) is 26.5. The van der Waals surface area contributed by atoms with Crippen LogP contribution in [0.5, 0.6) is 11.5 Å². The first-order valence-electron chi connectivity index (χ1n) is 11.6. The number of carbonyl (C=O) groups excluding carboxylic acids is 2. The maximum absolute atomic E-state index is 12.9. The van der Waals surface area contributed by atoms with Gasteiger partial charge < -0.3 is 18.9 Å². The molecule has 0 bridgehead atoms. The average Bonchev–Trinajstić information content (AvgIpc) is 3.34. The van der Waals surface area contributed by atoms with Crippen molar-refractivity contribution in [3.8, 4) is 28.4 Å². The van der Waals surface area contributed by atoms with Gasteiger partial charge in [-0.2, -0.15) is 5.10 Å². The Morgan fingerprint density at radius 2 is 1.57 bits per heavy atom. The summed E-state index contributed by atoms with van der Waals surface area (Å²) < 4.78 is 23.1. The Kier molecular flexibility index (Phi) is 7.57. The van der Waals surface area contributed by atoms with Crippen molar-refractivity contribution >= 4 is 11.9 Å². The molecule has 37 heavy (non-hydrogen) atoms. The van der Waals surface area contributed by atoms with Crippen molar-refractivity contribution in [3.05, 3.63) is 94.7 Å². The number of rotatable bonds is 8. The van der Waals surface area contributed by atoms with Gasteiger partial charge in [0.25, 0.3) is 0 Å². The third kappa shape index (κ3) is 5.04. The van der Waals surface area contributed by atoms with Crippen LogP contribution in [0.4, 0.5) is 0 Å². The molecule has 0 saturated heterocycles. The molecular weight excluding hydrogens is 472 g/mol. The highest BCUT2D eigenvalue weighted by molar-refractivity contribution is 6.06. The third-order valence-corrected chi connectivity index (χ3v) is 6.19. The molecule has 0 radical (unpaired) electrons. The summed E-state index contributed by atoms with van der Waals surface area (Å²) in [6, 6.07) is 20.3. The summed E-state index contributed by atoms with van der Waals surface area (Å²) >= 11 is 0. The Balaban J connectivity index is 1.80. The molecule has 0 saturated carbocycles. The lowest BCUT2D eigenvalue weighted by Crippen LogP contribution is -2.15. The smallest absolute Gasteiger partial charge is 0.357 e. The highest BCUT2D eigenvalue weighted by Gasteiger charge is 2.31. The van der Waals surface area contributed by atoms with E-state index in [1.165, 1.54) is 37.1 Å². The minimum atomic E-state index is -0.719. The van der Waals surface area contributed by atoms with Crippen LogP contribution in [0.1, 0.15) is 37.5 Å². The monoisotopic (exact) mass is 500 g/mol. The molecule has 3 aromatic carbocycles. The van der Waals surface area contributed by atoms with Gasteiger partial charge in [0.15, 0.2) is 17.2 Å². The molecule has 4 rings (SSSR count). The van der Waals surface area contributed by atoms with Crippen molar-refractivity contribution in [2.24, 2.45) is 0 Å². The average molecular weight is 501 g/mol. The lowest BCUT2D eigenvalue weighted by molar-refractivity contribution is 0.0549. The molecule has 0 unspecified atom stereocenters. The van der Waals surface area contributed by atoms with Crippen LogP contribution < -0.4 is 9.47 Å². The van der Waals surface area contributed by atoms with Gasteiger partial charge in [0, 0.05) is 5.56 Å². The number of carbonyl (C=O) groups is 2. The third-order valence-electron chi connectivity index (χ3n) is 6.19. The van der Waals surface area contributed by atoms with Crippen molar-refractivity contribution in [2.45, 2.75) is 20.5 Å². The topological polar surface area (TPSA) is 88.9 Å². The Morgan fingerprint density at radius 3 is 2.24 bits per heavy atom. The largest absolute Gasteiger partial charge is 0.493 e. The Morgan fingerprint density at radius 1 is 0.838 bits per heavy atom. The maximum atomic E-state index is 12.9. The molecule has 8 heteroatoms. The quantitative estimate of drug-likeness (QED) is 0.303. The number of methoxy groups -OCH3 is 3. The Hall–Kier alpha value is -4.59. The van der Waals surface area contributed by atoms with E-state index in [4.69, 9.17) is 18.9 Å². The SMILES string of the molecule is COC(=O)c1c(-c2ccc(OCc3cccc(C)c3C)c(OC)c2)nn(-c2ccccc2)c1C(=O)OC. The number of benzene rings is 3. The summed E-state index contributed by atoms with van der Waals surface area (Å²) in [5.74, 6) is -0.454. The zero-order valence-corrected chi connectivity index (χ0v) is 21.4. The van der Waals surface area contributed by atoms with E-state index in [0.29, 0.717) is 29.4 Å². The second kappa shape index (κ2) is 11.0. The van der Waals surface area contributed by atoms with Crippen molar-refractivity contribution in [3.63, 3.8) is 0 Å². The number of hydrogen-bond donors (Lipinski definition) is 0. The number of hydrogen-bond acceptors (Lipinski definition) is 7. The number of ether oxygens (including phenoxy) is 4. The van der Waals surface area contributed by atoms with E-state index in [1.807, 2.05) is 18.2 Å². The van der Waals surface area contributed by atoms with Gasteiger partial charge in [-0.3, -0.25) is 0 Å². The van der Waals surface area contributed by atoms with Crippen molar-refractivity contribution < 1.29 is 28.5 Å². The van der Waals surface area contributed by atoms with Crippen LogP contribution in [-0.2, 0) is 16.1 Å². The fourth-order valence-corrected chi connectivity index (χ4v) is 4.01. The number of nitrogens with zero attached hydrogens (tertiary/aromatic N) is 2. The number of aromatic nitrogens is 2. The van der Waals surface area contributed by atoms with Gasteiger partial charge in [-0.05, 0) is 60.9 Å². The van der Waals surface area contributed by atoms with Crippen LogP contribution in [0, 0.1) is 13.8 Å². The minimum Gasteiger partial charge on any atom is -0.493 e. The molecule has 0 aliphatic heterocycles. The van der Waals surface area contributed by atoms with Crippen molar-refractivity contribution in [1.29, 1.82) is 0 Å². The van der Waals surface area contributed by atoms with Crippen molar-refractivity contribution in [2.75, 3.05) is 21.3 Å². The summed E-state index contributed by atoms with van der Waals surface area (Å²) in [5.41, 5.74) is 4.75. The molecule has 0 aliphatic rings. The number of para-hydroxylation sites is 1. The molecule has 4 aromatic rings. The van der Waals surface area contributed by atoms with Gasteiger partial charge in [0.05, 0.1) is 27.0 Å². The van der Waals surface area contributed by atoms with E-state index in [1.54, 1.807) is 42.5 Å². The fourth-order valence-electron chi connectivity index (χ4n) is 4.01. The summed E-state index contributed by atoms with van der Waals surface area (Å²) in [4.78, 5) is 25.7. The molecule has 0 aliphatic carbocycles. The summed E-state index contributed by atoms with van der Waals surface area (Å²) in [7, 11) is 4.03. The standard InChI is InChI=1S/C29H28N2O6/c1-18-10-9-11-21(19(18)2)17-37-23-15-14-20(16-24(23)34-3)26-25(28(32)35-4)27(29(33)36-5)31(30-26)22-12-7-6-8-13-22/h6-16H,17H2,1-5H3. The molecule has 1 aromatic heterocycles. The molecule has 1 heterocycles. The van der Waals surface area contributed by atoms with E-state index in [9.17, 15) is 9.59 Å². The normalized spacial score (nSPS) is 10.6. The molecule has 8 nitrogen and oxygen atoms in total. The fraction of sp³-hybridized carbons (Fsp3) is 0.207. The first-order valence-corrected chi connectivity index (χ1v) is 11.6. The lowest BCUT2D eigenvalue weighted by Gasteiger charge is -2.14. The molecule has 0 amide bonds. The van der Waals surface area contributed by atoms with Gasteiger partial charge >= 0.3 is 11.9 Å². The van der Waals surface area contributed by atoms with Crippen LogP contribution in [0.3, 0.4) is 0 Å². The highest BCUT2D eigenvalue weighted by atomic mass is 16.5. The first-order chi connectivity index (χ1) is 17.9. The molecular formula is C29H28N2O6. The van der Waals surface area contributed by atoms with Gasteiger partial charge in [-0.25, -0.2) is 14.3 Å². The second-order valence-electron chi connectivity index (χ2n) is 8.32. The minimum absolute atomic E-state index is 0.00990. The maximum Gasteiger partial charge on any atom is 0.357 e. The predicted octanol–water partition coefficient (Wildman–Crippen LogP) is 5.32. The Labute approximate surface area is 215 Å². The first kappa shape index (κ1) is 25.5. The highest BCUT2D eigenvalue weighted by Crippen LogP contribution is 2.36. The van der Waals surface area contributed by atoms with E-state index in [2.05, 4.69) is 25.0 Å². The number of esters is 2. The molecule has 0 spiro atoms. The van der Waals surface area contributed by atoms with Gasteiger partial charge in [-0.15, -0.1) is 0 Å². The van der Waals surface area contributed by atoms with Crippen LogP contribution in [-0.4, -0.2) is 43.0 Å². The van der Waals surface area contributed by atoms with Crippen LogP contribution in [0.25, 0.3) is 16.9 Å².